The largest absolute Gasteiger partial charge is 0.326 e. The minimum Gasteiger partial charge on any atom is -0.326 e. The van der Waals surface area contributed by atoms with Crippen molar-refractivity contribution in [3.63, 3.8) is 0 Å². The molecule has 0 bridgehead atoms. The van der Waals surface area contributed by atoms with Crippen molar-refractivity contribution in [2.75, 3.05) is 26.7 Å². The van der Waals surface area contributed by atoms with E-state index < -0.39 is 10.0 Å². The van der Waals surface area contributed by atoms with E-state index in [1.54, 1.807) is 16.4 Å². The molecule has 1 saturated heterocycles. The van der Waals surface area contributed by atoms with Crippen molar-refractivity contribution in [1.29, 1.82) is 0 Å². The molecule has 0 amide bonds. The molecular weight excluding hydrogens is 286 g/mol. The Morgan fingerprint density at radius 2 is 1.95 bits per heavy atom. The van der Waals surface area contributed by atoms with Crippen molar-refractivity contribution in [2.45, 2.75) is 37.8 Å². The summed E-state index contributed by atoms with van der Waals surface area (Å²) in [6.07, 6.45) is 0. The maximum atomic E-state index is 12.9. The molecule has 0 aromatic heterocycles. The Labute approximate surface area is 127 Å². The number of nitrogens with zero attached hydrogens (tertiary/aromatic N) is 2. The number of nitrogens with two attached hydrogens (primary N) is 1. The van der Waals surface area contributed by atoms with E-state index in [-0.39, 0.29) is 5.54 Å². The van der Waals surface area contributed by atoms with Crippen LogP contribution in [0.5, 0.6) is 0 Å². The zero-order chi connectivity index (χ0) is 15.8. The van der Waals surface area contributed by atoms with Crippen LogP contribution >= 0.6 is 0 Å². The first-order valence-electron chi connectivity index (χ1n) is 7.20. The van der Waals surface area contributed by atoms with Gasteiger partial charge in [0.2, 0.25) is 10.0 Å². The van der Waals surface area contributed by atoms with Gasteiger partial charge in [0, 0.05) is 31.7 Å². The van der Waals surface area contributed by atoms with Gasteiger partial charge in [0.05, 0.1) is 4.90 Å². The fraction of sp³-hybridized carbons (Fsp3) is 0.600. The fourth-order valence-corrected chi connectivity index (χ4v) is 4.55. The summed E-state index contributed by atoms with van der Waals surface area (Å²) in [7, 11) is -1.44. The summed E-state index contributed by atoms with van der Waals surface area (Å²) in [5.74, 6) is 0. The summed E-state index contributed by atoms with van der Waals surface area (Å²) in [5, 5.41) is 0. The standard InChI is InChI=1S/C15H25N3O2S/c1-12-13(10-16)6-5-7-14(12)21(19,20)18-9-8-17(4)15(2,3)11-18/h5-7H,8-11,16H2,1-4H3. The second-order valence-corrected chi connectivity index (χ2v) is 8.22. The molecule has 1 aliphatic rings. The summed E-state index contributed by atoms with van der Waals surface area (Å²) in [5.41, 5.74) is 7.17. The van der Waals surface area contributed by atoms with Crippen molar-refractivity contribution in [3.8, 4) is 0 Å². The topological polar surface area (TPSA) is 66.6 Å². The van der Waals surface area contributed by atoms with Crippen LogP contribution in [0.1, 0.15) is 25.0 Å². The van der Waals surface area contributed by atoms with Crippen LogP contribution in [-0.2, 0) is 16.6 Å². The third-order valence-electron chi connectivity index (χ3n) is 4.52. The van der Waals surface area contributed by atoms with E-state index in [1.165, 1.54) is 0 Å². The van der Waals surface area contributed by atoms with Crippen LogP contribution in [-0.4, -0.2) is 49.8 Å². The SMILES string of the molecule is Cc1c(CN)cccc1S(=O)(=O)N1CCN(C)C(C)(C)C1. The molecule has 5 nitrogen and oxygen atoms in total. The molecule has 1 heterocycles. The van der Waals surface area contributed by atoms with E-state index in [1.807, 2.05) is 20.0 Å². The third-order valence-corrected chi connectivity index (χ3v) is 6.51. The number of sulfonamides is 1. The first-order valence-corrected chi connectivity index (χ1v) is 8.64. The van der Waals surface area contributed by atoms with Crippen molar-refractivity contribution in [3.05, 3.63) is 29.3 Å². The summed E-state index contributed by atoms with van der Waals surface area (Å²) >= 11 is 0. The van der Waals surface area contributed by atoms with Crippen LogP contribution in [0.3, 0.4) is 0 Å². The lowest BCUT2D eigenvalue weighted by atomic mass is 10.0. The fourth-order valence-electron chi connectivity index (χ4n) is 2.70. The molecule has 2 N–H and O–H groups in total. The van der Waals surface area contributed by atoms with Crippen molar-refractivity contribution in [1.82, 2.24) is 9.21 Å². The lowest BCUT2D eigenvalue weighted by Crippen LogP contribution is -2.58. The van der Waals surface area contributed by atoms with E-state index in [9.17, 15) is 8.42 Å². The van der Waals surface area contributed by atoms with Crippen molar-refractivity contribution < 1.29 is 8.42 Å². The highest BCUT2D eigenvalue weighted by Crippen LogP contribution is 2.27. The normalized spacial score (nSPS) is 20.6. The van der Waals surface area contributed by atoms with Crippen molar-refractivity contribution >= 4 is 10.0 Å². The molecule has 6 heteroatoms. The van der Waals surface area contributed by atoms with Gasteiger partial charge in [-0.1, -0.05) is 12.1 Å². The van der Waals surface area contributed by atoms with E-state index in [4.69, 9.17) is 5.73 Å². The van der Waals surface area contributed by atoms with E-state index in [0.29, 0.717) is 24.5 Å². The molecule has 118 valence electrons. The molecular formula is C15H25N3O2S. The molecule has 2 rings (SSSR count). The maximum absolute atomic E-state index is 12.9. The van der Waals surface area contributed by atoms with Gasteiger partial charge in [-0.2, -0.15) is 4.31 Å². The van der Waals surface area contributed by atoms with E-state index in [0.717, 1.165) is 17.7 Å². The van der Waals surface area contributed by atoms with Gasteiger partial charge in [-0.05, 0) is 45.0 Å². The molecule has 1 aliphatic heterocycles. The van der Waals surface area contributed by atoms with Crippen LogP contribution in [0, 0.1) is 6.92 Å². The highest BCUT2D eigenvalue weighted by atomic mass is 32.2. The quantitative estimate of drug-likeness (QED) is 0.910. The van der Waals surface area contributed by atoms with Gasteiger partial charge in [0.25, 0.3) is 0 Å². The average Bonchev–Trinajstić information content (AvgIpc) is 2.41. The second kappa shape index (κ2) is 5.68. The number of likely N-dealkylation sites (N-methyl/N-ethyl adjacent to an activating group) is 1. The molecule has 1 aromatic carbocycles. The first kappa shape index (κ1) is 16.4. The molecule has 0 aliphatic carbocycles. The Bertz CT molecular complexity index is 626. The molecule has 0 saturated carbocycles. The molecule has 0 radical (unpaired) electrons. The zero-order valence-corrected chi connectivity index (χ0v) is 14.1. The zero-order valence-electron chi connectivity index (χ0n) is 13.3. The lowest BCUT2D eigenvalue weighted by Gasteiger charge is -2.44. The Hall–Kier alpha value is -0.950. The summed E-state index contributed by atoms with van der Waals surface area (Å²) in [6.45, 7) is 8.07. The lowest BCUT2D eigenvalue weighted by molar-refractivity contribution is 0.0801. The third kappa shape index (κ3) is 2.99. The van der Waals surface area contributed by atoms with Gasteiger partial charge in [-0.3, -0.25) is 4.90 Å². The molecule has 21 heavy (non-hydrogen) atoms. The van der Waals surface area contributed by atoms with Gasteiger partial charge >= 0.3 is 0 Å². The Morgan fingerprint density at radius 3 is 2.52 bits per heavy atom. The monoisotopic (exact) mass is 311 g/mol. The summed E-state index contributed by atoms with van der Waals surface area (Å²) in [4.78, 5) is 2.58. The molecule has 0 spiro atoms. The van der Waals surface area contributed by atoms with E-state index >= 15 is 0 Å². The highest BCUT2D eigenvalue weighted by Gasteiger charge is 2.37. The number of hydrogen-bond donors (Lipinski definition) is 1. The van der Waals surface area contributed by atoms with Gasteiger partial charge in [0.15, 0.2) is 0 Å². The van der Waals surface area contributed by atoms with Gasteiger partial charge in [-0.25, -0.2) is 8.42 Å². The van der Waals surface area contributed by atoms with Crippen LogP contribution in [0.2, 0.25) is 0 Å². The van der Waals surface area contributed by atoms with Crippen LogP contribution in [0.4, 0.5) is 0 Å². The Morgan fingerprint density at radius 1 is 1.29 bits per heavy atom. The predicted octanol–water partition coefficient (Wildman–Crippen LogP) is 1.17. The Kier molecular flexibility index (Phi) is 4.44. The smallest absolute Gasteiger partial charge is 0.243 e. The van der Waals surface area contributed by atoms with Crippen LogP contribution < -0.4 is 5.73 Å². The number of hydrogen-bond acceptors (Lipinski definition) is 4. The highest BCUT2D eigenvalue weighted by molar-refractivity contribution is 7.89. The van der Waals surface area contributed by atoms with Crippen LogP contribution in [0.15, 0.2) is 23.1 Å². The molecule has 0 atom stereocenters. The number of rotatable bonds is 3. The van der Waals surface area contributed by atoms with E-state index in [2.05, 4.69) is 18.7 Å². The molecule has 0 unspecified atom stereocenters. The van der Waals surface area contributed by atoms with Gasteiger partial charge < -0.3 is 5.73 Å². The minimum atomic E-state index is -3.47. The number of piperazine rings is 1. The second-order valence-electron chi connectivity index (χ2n) is 6.32. The average molecular weight is 311 g/mol. The maximum Gasteiger partial charge on any atom is 0.243 e. The Balaban J connectivity index is 2.39. The van der Waals surface area contributed by atoms with Crippen LogP contribution in [0.25, 0.3) is 0 Å². The predicted molar refractivity (Wildman–Crippen MR) is 84.5 cm³/mol. The number of benzene rings is 1. The molecule has 1 aromatic rings. The van der Waals surface area contributed by atoms with Gasteiger partial charge in [0.1, 0.15) is 0 Å². The molecule has 1 fully saturated rings. The first-order chi connectivity index (χ1) is 9.70. The van der Waals surface area contributed by atoms with Gasteiger partial charge in [-0.15, -0.1) is 0 Å². The summed E-state index contributed by atoms with van der Waals surface area (Å²) < 4.78 is 27.5. The van der Waals surface area contributed by atoms with Crippen molar-refractivity contribution in [2.24, 2.45) is 5.73 Å². The summed E-state index contributed by atoms with van der Waals surface area (Å²) in [6, 6.07) is 5.32. The minimum absolute atomic E-state index is 0.162.